The fourth-order valence-corrected chi connectivity index (χ4v) is 1.90. The highest BCUT2D eigenvalue weighted by atomic mass is 14.3. The molecular weight excluding hydrogens is 144 g/mol. The third-order valence-electron chi connectivity index (χ3n) is 2.84. The first kappa shape index (κ1) is 6.47. The van der Waals surface area contributed by atoms with Crippen LogP contribution in [0.4, 0.5) is 0 Å². The number of hydrogen-bond donors (Lipinski definition) is 0. The molecule has 1 aromatic rings. The molecule has 0 amide bonds. The second kappa shape index (κ2) is 2.48. The Balaban J connectivity index is 2.58. The first-order valence-corrected chi connectivity index (χ1v) is 4.34. The molecule has 0 fully saturated rings. The summed E-state index contributed by atoms with van der Waals surface area (Å²) in [5, 5.41) is 0. The molecule has 0 saturated heterocycles. The van der Waals surface area contributed by atoms with E-state index in [-0.39, 0.29) is 0 Å². The smallest absolute Gasteiger partial charge is 0.0277 e. The lowest BCUT2D eigenvalue weighted by Gasteiger charge is -2.05. The Morgan fingerprint density at radius 3 is 2.75 bits per heavy atom. The average Bonchev–Trinajstić information content (AvgIpc) is 2.41. The van der Waals surface area contributed by atoms with Gasteiger partial charge in [0.05, 0.1) is 0 Å². The second-order valence-corrected chi connectivity index (χ2v) is 3.46. The van der Waals surface area contributed by atoms with Crippen LogP contribution in [0, 0.1) is 0 Å². The Labute approximate surface area is 75.3 Å². The van der Waals surface area contributed by atoms with Crippen molar-refractivity contribution in [2.45, 2.75) is 26.7 Å². The summed E-state index contributed by atoms with van der Waals surface area (Å²) in [6.45, 7) is 4.76. The Morgan fingerprint density at radius 2 is 2.08 bits per heavy atom. The van der Waals surface area contributed by atoms with Crippen LogP contribution in [-0.2, 0) is 0 Å². The summed E-state index contributed by atoms with van der Waals surface area (Å²) in [5.41, 5.74) is 5.33. The Hall–Kier alpha value is -1.04. The van der Waals surface area contributed by atoms with Gasteiger partial charge in [-0.1, -0.05) is 36.8 Å². The lowest BCUT2D eigenvalue weighted by atomic mass is 9.99. The zero-order chi connectivity index (χ0) is 9.42. The normalized spacial score (nSPS) is 22.5. The van der Waals surface area contributed by atoms with E-state index >= 15 is 0 Å². The van der Waals surface area contributed by atoms with E-state index in [2.05, 4.69) is 38.1 Å². The van der Waals surface area contributed by atoms with E-state index in [9.17, 15) is 0 Å². The summed E-state index contributed by atoms with van der Waals surface area (Å²) >= 11 is 0. The van der Waals surface area contributed by atoms with E-state index in [4.69, 9.17) is 1.37 Å². The van der Waals surface area contributed by atoms with Crippen LogP contribution in [0.3, 0.4) is 0 Å². The minimum absolute atomic E-state index is 0.432. The van der Waals surface area contributed by atoms with Gasteiger partial charge in [-0.3, -0.25) is 0 Å². The van der Waals surface area contributed by atoms with Crippen molar-refractivity contribution < 1.29 is 1.37 Å². The molecule has 0 nitrogen and oxygen atoms in total. The zero-order valence-corrected chi connectivity index (χ0v) is 7.59. The van der Waals surface area contributed by atoms with Crippen LogP contribution in [0.2, 0.25) is 0 Å². The van der Waals surface area contributed by atoms with Gasteiger partial charge in [-0.2, -0.15) is 0 Å². The summed E-state index contributed by atoms with van der Waals surface area (Å²) < 4.78 is 7.48. The van der Waals surface area contributed by atoms with Crippen molar-refractivity contribution in [3.63, 3.8) is 0 Å². The van der Waals surface area contributed by atoms with E-state index in [1.807, 2.05) is 0 Å². The minimum Gasteiger partial charge on any atom is -0.0626 e. The van der Waals surface area contributed by atoms with Gasteiger partial charge in [-0.25, -0.2) is 0 Å². The van der Waals surface area contributed by atoms with E-state index in [0.29, 0.717) is 12.8 Å². The molecule has 0 heteroatoms. The largest absolute Gasteiger partial charge is 0.0626 e. The average molecular weight is 159 g/mol. The predicted octanol–water partition coefficient (Wildman–Crippen LogP) is 3.60. The van der Waals surface area contributed by atoms with Crippen molar-refractivity contribution in [1.82, 2.24) is 0 Å². The molecular formula is C12H14. The van der Waals surface area contributed by atoms with E-state index < -0.39 is 0 Å². The minimum atomic E-state index is 0.432. The summed E-state index contributed by atoms with van der Waals surface area (Å²) in [7, 11) is 0. The van der Waals surface area contributed by atoms with Crippen LogP contribution in [0.25, 0.3) is 5.57 Å². The van der Waals surface area contributed by atoms with Crippen molar-refractivity contribution in [2.24, 2.45) is 0 Å². The second-order valence-electron chi connectivity index (χ2n) is 3.46. The van der Waals surface area contributed by atoms with Gasteiger partial charge in [0.15, 0.2) is 0 Å². The molecule has 0 N–H and O–H groups in total. The molecule has 1 aliphatic carbocycles. The van der Waals surface area contributed by atoms with Crippen LogP contribution in [0.5, 0.6) is 0 Å². The standard InChI is InChI=1S/C12H14/c1-8-9(2)11-6-4-5-7-12(11)10(8)3/h4-7,9H,1-3H3/i1D. The number of allylic oxidation sites excluding steroid dienone is 2. The molecule has 1 atom stereocenters. The van der Waals surface area contributed by atoms with Gasteiger partial charge in [0, 0.05) is 7.29 Å². The lowest BCUT2D eigenvalue weighted by molar-refractivity contribution is 0.920. The first-order chi connectivity index (χ1) is 6.25. The molecule has 0 aliphatic heterocycles. The summed E-state index contributed by atoms with van der Waals surface area (Å²) in [6, 6.07) is 8.48. The molecule has 0 saturated carbocycles. The maximum atomic E-state index is 7.48. The maximum Gasteiger partial charge on any atom is 0.0277 e. The van der Waals surface area contributed by atoms with Crippen molar-refractivity contribution >= 4 is 5.57 Å². The van der Waals surface area contributed by atoms with Crippen molar-refractivity contribution in [3.05, 3.63) is 41.0 Å². The molecule has 1 aliphatic rings. The SMILES string of the molecule is [2H]CC1=C(C)c2ccccc2C1C. The maximum absolute atomic E-state index is 7.48. The fourth-order valence-electron chi connectivity index (χ4n) is 1.90. The molecule has 62 valence electrons. The van der Waals surface area contributed by atoms with Crippen LogP contribution < -0.4 is 0 Å². The summed E-state index contributed by atoms with van der Waals surface area (Å²) in [4.78, 5) is 0. The number of fused-ring (bicyclic) bond motifs is 1. The zero-order valence-electron chi connectivity index (χ0n) is 8.59. The monoisotopic (exact) mass is 159 g/mol. The van der Waals surface area contributed by atoms with Crippen LogP contribution in [-0.4, -0.2) is 0 Å². The molecule has 2 rings (SSSR count). The van der Waals surface area contributed by atoms with E-state index in [1.165, 1.54) is 22.3 Å². The predicted molar refractivity (Wildman–Crippen MR) is 53.1 cm³/mol. The van der Waals surface area contributed by atoms with Gasteiger partial charge >= 0.3 is 0 Å². The third-order valence-corrected chi connectivity index (χ3v) is 2.84. The Kier molecular flexibility index (Phi) is 1.34. The van der Waals surface area contributed by atoms with Crippen LogP contribution in [0.15, 0.2) is 29.8 Å². The van der Waals surface area contributed by atoms with Gasteiger partial charge in [0.25, 0.3) is 0 Å². The van der Waals surface area contributed by atoms with Gasteiger partial charge in [-0.15, -0.1) is 0 Å². The van der Waals surface area contributed by atoms with Gasteiger partial charge in [-0.05, 0) is 30.5 Å². The number of benzene rings is 1. The van der Waals surface area contributed by atoms with E-state index in [0.717, 1.165) is 0 Å². The molecule has 0 aromatic heterocycles. The topological polar surface area (TPSA) is 0 Å². The van der Waals surface area contributed by atoms with Crippen LogP contribution in [0.1, 0.15) is 39.2 Å². The Morgan fingerprint density at radius 1 is 1.33 bits per heavy atom. The van der Waals surface area contributed by atoms with Crippen molar-refractivity contribution in [1.29, 1.82) is 0 Å². The molecule has 0 heterocycles. The highest BCUT2D eigenvalue weighted by Crippen LogP contribution is 2.40. The van der Waals surface area contributed by atoms with Crippen LogP contribution >= 0.6 is 0 Å². The quantitative estimate of drug-likeness (QED) is 0.542. The van der Waals surface area contributed by atoms with Gasteiger partial charge in [0.1, 0.15) is 0 Å². The van der Waals surface area contributed by atoms with E-state index in [1.54, 1.807) is 0 Å². The number of hydrogen-bond acceptors (Lipinski definition) is 0. The molecule has 1 aromatic carbocycles. The van der Waals surface area contributed by atoms with Crippen molar-refractivity contribution in [3.8, 4) is 0 Å². The third kappa shape index (κ3) is 0.842. The molecule has 12 heavy (non-hydrogen) atoms. The lowest BCUT2D eigenvalue weighted by Crippen LogP contribution is -1.88. The molecule has 0 bridgehead atoms. The molecule has 1 unspecified atom stereocenters. The summed E-state index contributed by atoms with van der Waals surface area (Å²) in [5.74, 6) is 0.452. The number of rotatable bonds is 0. The highest BCUT2D eigenvalue weighted by Gasteiger charge is 2.21. The van der Waals surface area contributed by atoms with Crippen molar-refractivity contribution in [2.75, 3.05) is 0 Å². The van der Waals surface area contributed by atoms with Gasteiger partial charge in [0.2, 0.25) is 0 Å². The Bertz CT molecular complexity index is 363. The first-order valence-electron chi connectivity index (χ1n) is 5.04. The summed E-state index contributed by atoms with van der Waals surface area (Å²) in [6.07, 6.45) is 0. The molecule has 0 radical (unpaired) electrons. The highest BCUT2D eigenvalue weighted by molar-refractivity contribution is 5.76. The van der Waals surface area contributed by atoms with Gasteiger partial charge < -0.3 is 0 Å². The fraction of sp³-hybridized carbons (Fsp3) is 0.333. The molecule has 0 spiro atoms.